The highest BCUT2D eigenvalue weighted by Crippen LogP contribution is 2.47. The van der Waals surface area contributed by atoms with Gasteiger partial charge in [-0.1, -0.05) is 12.5 Å². The van der Waals surface area contributed by atoms with Crippen molar-refractivity contribution in [3.8, 4) is 0 Å². The van der Waals surface area contributed by atoms with Crippen LogP contribution in [0.4, 0.5) is 8.78 Å². The summed E-state index contributed by atoms with van der Waals surface area (Å²) in [5.74, 6) is -2.55. The van der Waals surface area contributed by atoms with Gasteiger partial charge in [0.1, 0.15) is 11.6 Å². The number of carboxylic acids is 1. The third-order valence-electron chi connectivity index (χ3n) is 5.34. The van der Waals surface area contributed by atoms with Gasteiger partial charge in [-0.3, -0.25) is 9.59 Å². The first kappa shape index (κ1) is 15.9. The summed E-state index contributed by atoms with van der Waals surface area (Å²) in [5.41, 5.74) is -1.71. The minimum Gasteiger partial charge on any atom is -0.481 e. The standard InChI is InChI=1S/C17H19F2NO3/c1-16(15(22)23)7-8-20(10-16)14(21)17(5-2-6-17)12-4-3-11(18)9-13(12)19/h3-4,9H,2,5-8,10H2,1H3,(H,22,23). The number of halogens is 2. The van der Waals surface area contributed by atoms with Crippen LogP contribution in [0.1, 0.15) is 38.2 Å². The van der Waals surface area contributed by atoms with Crippen molar-refractivity contribution < 1.29 is 23.5 Å². The monoisotopic (exact) mass is 323 g/mol. The van der Waals surface area contributed by atoms with Crippen molar-refractivity contribution in [2.45, 2.75) is 38.0 Å². The highest BCUT2D eigenvalue weighted by Gasteiger charge is 2.52. The summed E-state index contributed by atoms with van der Waals surface area (Å²) in [5, 5.41) is 9.30. The highest BCUT2D eigenvalue weighted by atomic mass is 19.1. The number of likely N-dealkylation sites (tertiary alicyclic amines) is 1. The number of benzene rings is 1. The summed E-state index contributed by atoms with van der Waals surface area (Å²) < 4.78 is 27.3. The third kappa shape index (κ3) is 2.40. The molecule has 23 heavy (non-hydrogen) atoms. The summed E-state index contributed by atoms with van der Waals surface area (Å²) in [6.45, 7) is 2.10. The number of hydrogen-bond acceptors (Lipinski definition) is 2. The van der Waals surface area contributed by atoms with E-state index in [4.69, 9.17) is 0 Å². The van der Waals surface area contributed by atoms with E-state index < -0.39 is 28.4 Å². The second-order valence-electron chi connectivity index (χ2n) is 6.90. The van der Waals surface area contributed by atoms with Crippen molar-refractivity contribution in [3.63, 3.8) is 0 Å². The molecule has 6 heteroatoms. The van der Waals surface area contributed by atoms with Crippen LogP contribution in [-0.4, -0.2) is 35.0 Å². The molecule has 1 unspecified atom stereocenters. The Balaban J connectivity index is 1.89. The van der Waals surface area contributed by atoms with Crippen molar-refractivity contribution >= 4 is 11.9 Å². The molecule has 1 saturated carbocycles. The van der Waals surface area contributed by atoms with Gasteiger partial charge in [-0.05, 0) is 32.3 Å². The Morgan fingerprint density at radius 2 is 1.91 bits per heavy atom. The van der Waals surface area contributed by atoms with E-state index in [0.717, 1.165) is 18.6 Å². The number of aliphatic carboxylic acids is 1. The van der Waals surface area contributed by atoms with Gasteiger partial charge >= 0.3 is 5.97 Å². The molecule has 2 aliphatic rings. The van der Waals surface area contributed by atoms with Crippen LogP contribution < -0.4 is 0 Å². The van der Waals surface area contributed by atoms with E-state index in [1.54, 1.807) is 6.92 Å². The molecule has 1 N–H and O–H groups in total. The number of carboxylic acid groups (broad SMARTS) is 1. The first-order chi connectivity index (χ1) is 10.8. The van der Waals surface area contributed by atoms with Crippen molar-refractivity contribution in [2.75, 3.05) is 13.1 Å². The SMILES string of the molecule is CC1(C(=O)O)CCN(C(=O)C2(c3ccc(F)cc3F)CCC2)C1. The number of hydrogen-bond donors (Lipinski definition) is 1. The van der Waals surface area contributed by atoms with Crippen molar-refractivity contribution in [3.05, 3.63) is 35.4 Å². The molecule has 0 aromatic heterocycles. The van der Waals surface area contributed by atoms with Gasteiger partial charge in [0.25, 0.3) is 0 Å². The average Bonchev–Trinajstić information content (AvgIpc) is 2.84. The highest BCUT2D eigenvalue weighted by molar-refractivity contribution is 5.90. The second-order valence-corrected chi connectivity index (χ2v) is 6.90. The number of nitrogens with zero attached hydrogens (tertiary/aromatic N) is 1. The molecule has 1 aromatic rings. The van der Waals surface area contributed by atoms with E-state index in [9.17, 15) is 23.5 Å². The van der Waals surface area contributed by atoms with E-state index in [2.05, 4.69) is 0 Å². The fourth-order valence-corrected chi connectivity index (χ4v) is 3.62. The summed E-state index contributed by atoms with van der Waals surface area (Å²) in [7, 11) is 0. The third-order valence-corrected chi connectivity index (χ3v) is 5.34. The summed E-state index contributed by atoms with van der Waals surface area (Å²) in [4.78, 5) is 25.8. The van der Waals surface area contributed by atoms with Crippen LogP contribution in [0.25, 0.3) is 0 Å². The largest absolute Gasteiger partial charge is 0.481 e. The van der Waals surface area contributed by atoms with Gasteiger partial charge in [-0.25, -0.2) is 8.78 Å². The molecule has 1 aromatic carbocycles. The number of rotatable bonds is 3. The normalized spacial score (nSPS) is 26.0. The quantitative estimate of drug-likeness (QED) is 0.930. The molecule has 1 heterocycles. The van der Waals surface area contributed by atoms with Crippen LogP contribution in [0.15, 0.2) is 18.2 Å². The fraction of sp³-hybridized carbons (Fsp3) is 0.529. The van der Waals surface area contributed by atoms with Crippen molar-refractivity contribution in [2.24, 2.45) is 5.41 Å². The maximum absolute atomic E-state index is 14.2. The first-order valence-corrected chi connectivity index (χ1v) is 7.77. The predicted molar refractivity (Wildman–Crippen MR) is 78.8 cm³/mol. The van der Waals surface area contributed by atoms with Crippen LogP contribution in [0.2, 0.25) is 0 Å². The van der Waals surface area contributed by atoms with Crippen LogP contribution in [0.3, 0.4) is 0 Å². The minimum absolute atomic E-state index is 0.131. The van der Waals surface area contributed by atoms with E-state index in [-0.39, 0.29) is 18.0 Å². The molecular formula is C17H19F2NO3. The molecule has 1 aliphatic carbocycles. The zero-order valence-corrected chi connectivity index (χ0v) is 12.9. The summed E-state index contributed by atoms with van der Waals surface area (Å²) in [6.07, 6.45) is 2.20. The molecular weight excluding hydrogens is 304 g/mol. The molecule has 0 spiro atoms. The van der Waals surface area contributed by atoms with Crippen LogP contribution in [-0.2, 0) is 15.0 Å². The van der Waals surface area contributed by atoms with Crippen molar-refractivity contribution in [1.82, 2.24) is 4.90 Å². The lowest BCUT2D eigenvalue weighted by molar-refractivity contribution is -0.148. The van der Waals surface area contributed by atoms with E-state index in [1.807, 2.05) is 0 Å². The number of amides is 1. The minimum atomic E-state index is -0.971. The van der Waals surface area contributed by atoms with Gasteiger partial charge in [0, 0.05) is 24.7 Å². The zero-order valence-electron chi connectivity index (χ0n) is 12.9. The van der Waals surface area contributed by atoms with Gasteiger partial charge in [0.05, 0.1) is 10.8 Å². The van der Waals surface area contributed by atoms with Crippen LogP contribution in [0.5, 0.6) is 0 Å². The summed E-state index contributed by atoms with van der Waals surface area (Å²) >= 11 is 0. The molecule has 1 atom stereocenters. The van der Waals surface area contributed by atoms with Gasteiger partial charge < -0.3 is 10.0 Å². The fourth-order valence-electron chi connectivity index (χ4n) is 3.62. The van der Waals surface area contributed by atoms with Crippen LogP contribution >= 0.6 is 0 Å². The Kier molecular flexibility index (Phi) is 3.65. The maximum atomic E-state index is 14.2. The Morgan fingerprint density at radius 3 is 2.39 bits per heavy atom. The lowest BCUT2D eigenvalue weighted by Crippen LogP contribution is -2.51. The topological polar surface area (TPSA) is 57.6 Å². The second kappa shape index (κ2) is 5.28. The van der Waals surface area contributed by atoms with Crippen molar-refractivity contribution in [1.29, 1.82) is 0 Å². The number of carbonyl (C=O) groups is 2. The Hall–Kier alpha value is -1.98. The van der Waals surface area contributed by atoms with Gasteiger partial charge in [0.15, 0.2) is 0 Å². The first-order valence-electron chi connectivity index (χ1n) is 7.77. The molecule has 2 fully saturated rings. The molecule has 1 saturated heterocycles. The average molecular weight is 323 g/mol. The molecule has 1 aliphatic heterocycles. The molecule has 0 bridgehead atoms. The van der Waals surface area contributed by atoms with Gasteiger partial charge in [0.2, 0.25) is 5.91 Å². The zero-order chi connectivity index (χ0) is 16.8. The maximum Gasteiger partial charge on any atom is 0.311 e. The molecule has 1 amide bonds. The lowest BCUT2D eigenvalue weighted by atomic mass is 9.63. The van der Waals surface area contributed by atoms with Gasteiger partial charge in [-0.2, -0.15) is 0 Å². The Bertz CT molecular complexity index is 672. The van der Waals surface area contributed by atoms with E-state index >= 15 is 0 Å². The Morgan fingerprint density at radius 1 is 1.22 bits per heavy atom. The predicted octanol–water partition coefficient (Wildman–Crippen LogP) is 2.71. The smallest absolute Gasteiger partial charge is 0.311 e. The molecule has 4 nitrogen and oxygen atoms in total. The van der Waals surface area contributed by atoms with E-state index in [1.165, 1.54) is 11.0 Å². The molecule has 124 valence electrons. The Labute approximate surface area is 133 Å². The number of carbonyl (C=O) groups excluding carboxylic acids is 1. The van der Waals surface area contributed by atoms with Gasteiger partial charge in [-0.15, -0.1) is 0 Å². The van der Waals surface area contributed by atoms with Crippen LogP contribution in [0, 0.1) is 17.0 Å². The lowest BCUT2D eigenvalue weighted by Gasteiger charge is -2.43. The van der Waals surface area contributed by atoms with E-state index in [0.29, 0.717) is 25.8 Å². The molecule has 0 radical (unpaired) electrons. The summed E-state index contributed by atoms with van der Waals surface area (Å²) in [6, 6.07) is 3.30. The molecule has 3 rings (SSSR count).